The van der Waals surface area contributed by atoms with E-state index in [1.165, 1.54) is 0 Å². The van der Waals surface area contributed by atoms with E-state index in [1.54, 1.807) is 30.5 Å². The number of fused-ring (bicyclic) bond motifs is 3. The fourth-order valence-corrected chi connectivity index (χ4v) is 1.84. The topological polar surface area (TPSA) is 66.5 Å². The van der Waals surface area contributed by atoms with Crippen LogP contribution in [0.3, 0.4) is 0 Å². The molecule has 3 rings (SSSR count). The molecule has 2 aromatic heterocycles. The van der Waals surface area contributed by atoms with Crippen molar-refractivity contribution in [3.8, 4) is 0 Å². The maximum atomic E-state index is 9.22. The average molecular weight is 213 g/mol. The smallest absolute Gasteiger partial charge is 0.455 e. The molecule has 1 aromatic carbocycles. The summed E-state index contributed by atoms with van der Waals surface area (Å²) in [6, 6.07) is 8.80. The van der Waals surface area contributed by atoms with Crippen LogP contribution in [-0.2, 0) is 0 Å². The Hall–Kier alpha value is -1.85. The third kappa shape index (κ3) is 1.22. The summed E-state index contributed by atoms with van der Waals surface area (Å²) in [5.41, 5.74) is 2.22. The maximum Gasteiger partial charge on any atom is 0.492 e. The van der Waals surface area contributed by atoms with Gasteiger partial charge in [-0.05, 0) is 18.2 Å². The van der Waals surface area contributed by atoms with Gasteiger partial charge in [0.1, 0.15) is 11.1 Å². The largest absolute Gasteiger partial charge is 0.492 e. The van der Waals surface area contributed by atoms with E-state index in [9.17, 15) is 10.0 Å². The SMILES string of the molecule is OB(O)c1cccc2c1oc1cccnc12. The minimum atomic E-state index is -1.54. The number of rotatable bonds is 1. The minimum absolute atomic E-state index is 0.357. The van der Waals surface area contributed by atoms with Gasteiger partial charge in [-0.2, -0.15) is 0 Å². The van der Waals surface area contributed by atoms with E-state index in [-0.39, 0.29) is 0 Å². The first kappa shape index (κ1) is 9.39. The molecule has 0 aliphatic carbocycles. The van der Waals surface area contributed by atoms with Crippen molar-refractivity contribution in [3.63, 3.8) is 0 Å². The maximum absolute atomic E-state index is 9.22. The summed E-state index contributed by atoms with van der Waals surface area (Å²) in [5, 5.41) is 19.2. The molecular weight excluding hydrogens is 205 g/mol. The highest BCUT2D eigenvalue weighted by Gasteiger charge is 2.19. The van der Waals surface area contributed by atoms with Gasteiger partial charge in [-0.3, -0.25) is 4.98 Å². The van der Waals surface area contributed by atoms with E-state index in [4.69, 9.17) is 4.42 Å². The van der Waals surface area contributed by atoms with Gasteiger partial charge in [0.05, 0.1) is 0 Å². The van der Waals surface area contributed by atoms with Gasteiger partial charge in [0.15, 0.2) is 5.58 Å². The number of furan rings is 1. The molecule has 78 valence electrons. The van der Waals surface area contributed by atoms with Crippen LogP contribution in [0.5, 0.6) is 0 Å². The summed E-state index contributed by atoms with van der Waals surface area (Å²) in [4.78, 5) is 4.21. The van der Waals surface area contributed by atoms with Crippen molar-refractivity contribution >= 4 is 34.7 Å². The second-order valence-corrected chi connectivity index (χ2v) is 3.55. The van der Waals surface area contributed by atoms with Crippen molar-refractivity contribution in [1.29, 1.82) is 0 Å². The molecule has 0 bridgehead atoms. The fourth-order valence-electron chi connectivity index (χ4n) is 1.84. The molecule has 0 aliphatic rings. The predicted octanol–water partition coefficient (Wildman–Crippen LogP) is 0.661. The summed E-state index contributed by atoms with van der Waals surface area (Å²) in [6.07, 6.45) is 1.68. The lowest BCUT2D eigenvalue weighted by atomic mass is 9.79. The molecule has 3 aromatic rings. The molecule has 5 heteroatoms. The Kier molecular flexibility index (Phi) is 1.95. The molecule has 0 atom stereocenters. The quantitative estimate of drug-likeness (QED) is 0.582. The standard InChI is InChI=1S/C11H8BNO3/c14-12(15)8-4-1-3-7-10-9(16-11(7)8)5-2-6-13-10/h1-6,14-15H. The van der Waals surface area contributed by atoms with E-state index in [1.807, 2.05) is 6.07 Å². The van der Waals surface area contributed by atoms with Crippen molar-refractivity contribution in [1.82, 2.24) is 4.98 Å². The van der Waals surface area contributed by atoms with Crippen LogP contribution in [0.25, 0.3) is 22.1 Å². The van der Waals surface area contributed by atoms with E-state index in [0.717, 1.165) is 10.9 Å². The molecule has 16 heavy (non-hydrogen) atoms. The number of hydrogen-bond acceptors (Lipinski definition) is 4. The molecule has 0 radical (unpaired) electrons. The molecule has 0 unspecified atom stereocenters. The zero-order valence-electron chi connectivity index (χ0n) is 8.29. The summed E-state index contributed by atoms with van der Waals surface area (Å²) in [7, 11) is -1.54. The summed E-state index contributed by atoms with van der Waals surface area (Å²) < 4.78 is 5.56. The predicted molar refractivity (Wildman–Crippen MR) is 61.3 cm³/mol. The van der Waals surface area contributed by atoms with Gasteiger partial charge >= 0.3 is 7.12 Å². The first-order valence-corrected chi connectivity index (χ1v) is 4.89. The van der Waals surface area contributed by atoms with Crippen LogP contribution >= 0.6 is 0 Å². The van der Waals surface area contributed by atoms with E-state index >= 15 is 0 Å². The highest BCUT2D eigenvalue weighted by molar-refractivity contribution is 6.61. The fraction of sp³-hybridized carbons (Fsp3) is 0. The first-order chi connectivity index (χ1) is 7.77. The third-order valence-corrected chi connectivity index (χ3v) is 2.56. The molecule has 0 saturated heterocycles. The molecule has 4 nitrogen and oxygen atoms in total. The van der Waals surface area contributed by atoms with E-state index in [0.29, 0.717) is 16.6 Å². The van der Waals surface area contributed by atoms with Gasteiger partial charge in [0.2, 0.25) is 0 Å². The van der Waals surface area contributed by atoms with Crippen molar-refractivity contribution in [2.45, 2.75) is 0 Å². The monoisotopic (exact) mass is 213 g/mol. The number of nitrogens with zero attached hydrogens (tertiary/aromatic N) is 1. The Bertz CT molecular complexity index is 662. The van der Waals surface area contributed by atoms with Gasteiger partial charge in [0, 0.05) is 17.0 Å². The number of para-hydroxylation sites is 1. The Morgan fingerprint density at radius 2 is 2.00 bits per heavy atom. The summed E-state index contributed by atoms with van der Waals surface area (Å²) in [5.74, 6) is 0. The summed E-state index contributed by atoms with van der Waals surface area (Å²) in [6.45, 7) is 0. The second kappa shape index (κ2) is 3.33. The lowest BCUT2D eigenvalue weighted by molar-refractivity contribution is 0.425. The first-order valence-electron chi connectivity index (χ1n) is 4.89. The minimum Gasteiger partial charge on any atom is -0.455 e. The number of benzene rings is 1. The number of aromatic nitrogens is 1. The van der Waals surface area contributed by atoms with Gasteiger partial charge in [-0.1, -0.05) is 12.1 Å². The second-order valence-electron chi connectivity index (χ2n) is 3.55. The Morgan fingerprint density at radius 1 is 1.12 bits per heavy atom. The highest BCUT2D eigenvalue weighted by atomic mass is 16.4. The molecule has 0 spiro atoms. The Balaban J connectivity index is 2.49. The Labute approximate surface area is 91.3 Å². The normalized spacial score (nSPS) is 11.1. The lowest BCUT2D eigenvalue weighted by Crippen LogP contribution is -2.29. The molecule has 2 N–H and O–H groups in total. The van der Waals surface area contributed by atoms with Gasteiger partial charge in [-0.25, -0.2) is 0 Å². The number of hydrogen-bond donors (Lipinski definition) is 2. The third-order valence-electron chi connectivity index (χ3n) is 2.56. The van der Waals surface area contributed by atoms with Crippen molar-refractivity contribution in [3.05, 3.63) is 36.5 Å². The van der Waals surface area contributed by atoms with Crippen LogP contribution in [0.15, 0.2) is 40.9 Å². The lowest BCUT2D eigenvalue weighted by Gasteiger charge is -1.98. The van der Waals surface area contributed by atoms with Gasteiger partial charge in [-0.15, -0.1) is 0 Å². The van der Waals surface area contributed by atoms with E-state index in [2.05, 4.69) is 4.98 Å². The van der Waals surface area contributed by atoms with Crippen LogP contribution < -0.4 is 5.46 Å². The van der Waals surface area contributed by atoms with Gasteiger partial charge < -0.3 is 14.5 Å². The van der Waals surface area contributed by atoms with E-state index < -0.39 is 7.12 Å². The Morgan fingerprint density at radius 3 is 2.81 bits per heavy atom. The zero-order valence-corrected chi connectivity index (χ0v) is 8.29. The average Bonchev–Trinajstić information content (AvgIpc) is 2.67. The van der Waals surface area contributed by atoms with Crippen LogP contribution in [0.4, 0.5) is 0 Å². The van der Waals surface area contributed by atoms with Crippen molar-refractivity contribution < 1.29 is 14.5 Å². The zero-order chi connectivity index (χ0) is 11.1. The van der Waals surface area contributed by atoms with Gasteiger partial charge in [0.25, 0.3) is 0 Å². The van der Waals surface area contributed by atoms with Crippen LogP contribution in [0, 0.1) is 0 Å². The van der Waals surface area contributed by atoms with Crippen molar-refractivity contribution in [2.24, 2.45) is 0 Å². The molecule has 2 heterocycles. The summed E-state index contributed by atoms with van der Waals surface area (Å²) >= 11 is 0. The molecule has 0 aliphatic heterocycles. The highest BCUT2D eigenvalue weighted by Crippen LogP contribution is 2.25. The molecule has 0 fully saturated rings. The van der Waals surface area contributed by atoms with Crippen LogP contribution in [0.2, 0.25) is 0 Å². The van der Waals surface area contributed by atoms with Crippen molar-refractivity contribution in [2.75, 3.05) is 0 Å². The number of pyridine rings is 1. The molecular formula is C11H8BNO3. The molecule has 0 amide bonds. The van der Waals surface area contributed by atoms with Crippen LogP contribution in [-0.4, -0.2) is 22.2 Å². The molecule has 0 saturated carbocycles. The van der Waals surface area contributed by atoms with Crippen LogP contribution in [0.1, 0.15) is 0 Å².